The van der Waals surface area contributed by atoms with Gasteiger partial charge in [-0.05, 0) is 66.9 Å². The van der Waals surface area contributed by atoms with Crippen molar-refractivity contribution in [2.24, 2.45) is 4.99 Å². The molecule has 4 aromatic rings. The monoisotopic (exact) mass is 553 g/mol. The second kappa shape index (κ2) is 11.7. The minimum Gasteiger partial charge on any atom is -0.483 e. The van der Waals surface area contributed by atoms with Gasteiger partial charge in [0.05, 0.1) is 24.2 Å². The SMILES string of the molecule is CCCC(NS(=O)(=O)c1ccc(F)cc1F)C(=N/C=C/c1ccc2nc(N)n(-c3cccc(C)c3)c2c1)OC. The van der Waals surface area contributed by atoms with E-state index in [0.717, 1.165) is 40.0 Å². The topological polar surface area (TPSA) is 112 Å². The molecule has 0 aliphatic heterocycles. The molecule has 1 atom stereocenters. The van der Waals surface area contributed by atoms with Crippen molar-refractivity contribution in [1.29, 1.82) is 0 Å². The molecule has 0 radical (unpaired) electrons. The predicted octanol–water partition coefficient (Wildman–Crippen LogP) is 5.36. The van der Waals surface area contributed by atoms with Crippen LogP contribution >= 0.6 is 0 Å². The van der Waals surface area contributed by atoms with Crippen molar-refractivity contribution in [1.82, 2.24) is 14.3 Å². The van der Waals surface area contributed by atoms with Gasteiger partial charge in [-0.2, -0.15) is 4.72 Å². The van der Waals surface area contributed by atoms with Crippen molar-refractivity contribution >= 4 is 39.0 Å². The molecule has 0 aliphatic carbocycles. The van der Waals surface area contributed by atoms with Crippen LogP contribution in [0.2, 0.25) is 0 Å². The summed E-state index contributed by atoms with van der Waals surface area (Å²) in [5.41, 5.74) is 10.5. The van der Waals surface area contributed by atoms with Crippen LogP contribution < -0.4 is 10.5 Å². The van der Waals surface area contributed by atoms with Crippen molar-refractivity contribution in [3.8, 4) is 5.69 Å². The molecule has 204 valence electrons. The van der Waals surface area contributed by atoms with Gasteiger partial charge in [0, 0.05) is 18.0 Å². The number of nitrogens with one attached hydrogen (secondary N) is 1. The number of sulfonamides is 1. The molecule has 39 heavy (non-hydrogen) atoms. The van der Waals surface area contributed by atoms with E-state index in [2.05, 4.69) is 14.7 Å². The van der Waals surface area contributed by atoms with Crippen LogP contribution in [0.4, 0.5) is 14.7 Å². The van der Waals surface area contributed by atoms with E-state index < -0.39 is 32.6 Å². The number of nitrogens with zero attached hydrogens (tertiary/aromatic N) is 3. The highest BCUT2D eigenvalue weighted by Gasteiger charge is 2.26. The molecule has 0 saturated carbocycles. The number of nitrogens with two attached hydrogens (primary N) is 1. The number of imidazole rings is 1. The first kappa shape index (κ1) is 27.9. The van der Waals surface area contributed by atoms with Crippen LogP contribution in [0, 0.1) is 18.6 Å². The molecular formula is C28H29F2N5O3S. The van der Waals surface area contributed by atoms with E-state index in [1.165, 1.54) is 13.3 Å². The van der Waals surface area contributed by atoms with E-state index >= 15 is 0 Å². The molecule has 8 nitrogen and oxygen atoms in total. The zero-order valence-electron chi connectivity index (χ0n) is 21.7. The fourth-order valence-electron chi connectivity index (χ4n) is 4.20. The number of hydrogen-bond acceptors (Lipinski definition) is 6. The van der Waals surface area contributed by atoms with Crippen LogP contribution in [-0.2, 0) is 14.8 Å². The Labute approximate surface area is 225 Å². The van der Waals surface area contributed by atoms with Crippen LogP contribution in [0.15, 0.2) is 76.8 Å². The van der Waals surface area contributed by atoms with Gasteiger partial charge in [-0.1, -0.05) is 31.5 Å². The summed E-state index contributed by atoms with van der Waals surface area (Å²) >= 11 is 0. The van der Waals surface area contributed by atoms with Gasteiger partial charge in [0.2, 0.25) is 21.9 Å². The maximum absolute atomic E-state index is 14.2. The van der Waals surface area contributed by atoms with Gasteiger partial charge in [-0.15, -0.1) is 0 Å². The number of nitrogen functional groups attached to an aromatic ring is 1. The Morgan fingerprint density at radius 1 is 1.18 bits per heavy atom. The Bertz CT molecular complexity index is 1670. The summed E-state index contributed by atoms with van der Waals surface area (Å²) in [7, 11) is -2.94. The van der Waals surface area contributed by atoms with Crippen molar-refractivity contribution in [3.63, 3.8) is 0 Å². The predicted molar refractivity (Wildman–Crippen MR) is 149 cm³/mol. The van der Waals surface area contributed by atoms with Crippen LogP contribution in [0.5, 0.6) is 0 Å². The molecule has 3 aromatic carbocycles. The van der Waals surface area contributed by atoms with Crippen molar-refractivity contribution in [2.75, 3.05) is 12.8 Å². The maximum Gasteiger partial charge on any atom is 0.244 e. The molecule has 1 unspecified atom stereocenters. The number of fused-ring (bicyclic) bond motifs is 1. The van der Waals surface area contributed by atoms with E-state index in [0.29, 0.717) is 24.9 Å². The summed E-state index contributed by atoms with van der Waals surface area (Å²) < 4.78 is 62.8. The number of methoxy groups -OCH3 is 1. The first-order valence-electron chi connectivity index (χ1n) is 12.2. The van der Waals surface area contributed by atoms with E-state index in [1.807, 2.05) is 60.9 Å². The third-order valence-corrected chi connectivity index (χ3v) is 7.50. The lowest BCUT2D eigenvalue weighted by atomic mass is 10.1. The number of ether oxygens (including phenoxy) is 1. The fourth-order valence-corrected chi connectivity index (χ4v) is 5.48. The molecule has 0 bridgehead atoms. The number of halogens is 2. The molecule has 0 amide bonds. The average molecular weight is 554 g/mol. The van der Waals surface area contributed by atoms with Crippen LogP contribution in [-0.4, -0.2) is 37.0 Å². The number of rotatable bonds is 9. The summed E-state index contributed by atoms with van der Waals surface area (Å²) in [6, 6.07) is 15.0. The van der Waals surface area contributed by atoms with Gasteiger partial charge >= 0.3 is 0 Å². The van der Waals surface area contributed by atoms with Crippen LogP contribution in [0.1, 0.15) is 30.9 Å². The van der Waals surface area contributed by atoms with Gasteiger partial charge in [-0.25, -0.2) is 27.2 Å². The summed E-state index contributed by atoms with van der Waals surface area (Å²) in [5.74, 6) is -1.60. The molecule has 0 spiro atoms. The van der Waals surface area contributed by atoms with Gasteiger partial charge in [0.1, 0.15) is 16.5 Å². The van der Waals surface area contributed by atoms with E-state index in [1.54, 1.807) is 6.08 Å². The molecule has 1 aromatic heterocycles. The number of aliphatic imine (C=N–C) groups is 1. The molecule has 3 N–H and O–H groups in total. The normalized spacial score (nSPS) is 13.3. The van der Waals surface area contributed by atoms with Crippen LogP contribution in [0.3, 0.4) is 0 Å². The quantitative estimate of drug-likeness (QED) is 0.214. The first-order valence-corrected chi connectivity index (χ1v) is 13.7. The highest BCUT2D eigenvalue weighted by atomic mass is 32.2. The van der Waals surface area contributed by atoms with Gasteiger partial charge in [0.15, 0.2) is 0 Å². The number of hydrogen-bond donors (Lipinski definition) is 2. The van der Waals surface area contributed by atoms with Gasteiger partial charge in [-0.3, -0.25) is 4.57 Å². The highest BCUT2D eigenvalue weighted by Crippen LogP contribution is 2.25. The first-order chi connectivity index (χ1) is 18.6. The van der Waals surface area contributed by atoms with E-state index in [4.69, 9.17) is 10.5 Å². The molecular weight excluding hydrogens is 524 g/mol. The van der Waals surface area contributed by atoms with Crippen molar-refractivity contribution in [3.05, 3.63) is 89.6 Å². The maximum atomic E-state index is 14.2. The molecule has 1 heterocycles. The highest BCUT2D eigenvalue weighted by molar-refractivity contribution is 7.89. The van der Waals surface area contributed by atoms with Gasteiger partial charge < -0.3 is 10.5 Å². The number of aromatic nitrogens is 2. The zero-order chi connectivity index (χ0) is 28.2. The minimum absolute atomic E-state index is 0.0920. The third kappa shape index (κ3) is 6.32. The summed E-state index contributed by atoms with van der Waals surface area (Å²) in [6.45, 7) is 3.86. The zero-order valence-corrected chi connectivity index (χ0v) is 22.5. The second-order valence-corrected chi connectivity index (χ2v) is 10.6. The Balaban J connectivity index is 1.62. The Morgan fingerprint density at radius 3 is 2.67 bits per heavy atom. The molecule has 11 heteroatoms. The van der Waals surface area contributed by atoms with Crippen LogP contribution in [0.25, 0.3) is 22.8 Å². The Morgan fingerprint density at radius 2 is 1.97 bits per heavy atom. The standard InChI is InChI=1S/C28H29F2N5O3S/c1-4-6-24(34-39(36,37)26-12-10-20(29)17-22(26)30)27(38-3)32-14-13-19-9-11-23-25(16-19)35(28(31)33-23)21-8-5-7-18(2)15-21/h5,7-17,24,34H,4,6H2,1-3H3,(H2,31,33)/b14-13+,32-27?. The smallest absolute Gasteiger partial charge is 0.244 e. The average Bonchev–Trinajstić information content (AvgIpc) is 3.21. The largest absolute Gasteiger partial charge is 0.483 e. The lowest BCUT2D eigenvalue weighted by Crippen LogP contribution is -2.41. The van der Waals surface area contributed by atoms with Gasteiger partial charge in [0.25, 0.3) is 0 Å². The van der Waals surface area contributed by atoms with E-state index in [-0.39, 0.29) is 5.90 Å². The molecule has 4 rings (SSSR count). The lowest BCUT2D eigenvalue weighted by molar-refractivity contribution is 0.372. The minimum atomic E-state index is -4.32. The van der Waals surface area contributed by atoms with Crippen molar-refractivity contribution < 1.29 is 21.9 Å². The molecule has 0 saturated heterocycles. The van der Waals surface area contributed by atoms with Crippen molar-refractivity contribution in [2.45, 2.75) is 37.6 Å². The Hall–Kier alpha value is -4.09. The van der Waals surface area contributed by atoms with E-state index in [9.17, 15) is 17.2 Å². The Kier molecular flexibility index (Phi) is 8.41. The number of aryl methyl sites for hydroxylation is 1. The second-order valence-electron chi connectivity index (χ2n) is 8.92. The number of benzene rings is 3. The number of anilines is 1. The fraction of sp³-hybridized carbons (Fsp3) is 0.214. The summed E-state index contributed by atoms with van der Waals surface area (Å²) in [4.78, 5) is 8.13. The summed E-state index contributed by atoms with van der Waals surface area (Å²) in [6.07, 6.45) is 4.15. The molecule has 0 fully saturated rings. The lowest BCUT2D eigenvalue weighted by Gasteiger charge is -2.19. The summed E-state index contributed by atoms with van der Waals surface area (Å²) in [5, 5.41) is 0. The molecule has 0 aliphatic rings. The third-order valence-electron chi connectivity index (χ3n) is 6.00.